The molecule has 1 rings (SSSR count). The summed E-state index contributed by atoms with van der Waals surface area (Å²) in [6.07, 6.45) is 1.50. The lowest BCUT2D eigenvalue weighted by atomic mass is 10.2. The molecule has 1 aromatic carbocycles. The number of sulfone groups is 1. The Morgan fingerprint density at radius 2 is 2.00 bits per heavy atom. The number of nitrogens with zero attached hydrogens (tertiary/aromatic N) is 1. The van der Waals surface area contributed by atoms with Crippen molar-refractivity contribution in [2.75, 3.05) is 26.9 Å². The molecule has 0 spiro atoms. The van der Waals surface area contributed by atoms with E-state index in [1.165, 1.54) is 11.0 Å². The predicted octanol–water partition coefficient (Wildman–Crippen LogP) is 1.31. The van der Waals surface area contributed by atoms with Crippen LogP contribution in [0.4, 0.5) is 0 Å². The highest BCUT2D eigenvalue weighted by atomic mass is 35.5. The number of halogens is 1. The zero-order valence-electron chi connectivity index (χ0n) is 11.8. The molecule has 1 N–H and O–H groups in total. The van der Waals surface area contributed by atoms with Gasteiger partial charge < -0.3 is 10.2 Å². The first-order chi connectivity index (χ1) is 9.23. The van der Waals surface area contributed by atoms with E-state index in [9.17, 15) is 13.2 Å². The van der Waals surface area contributed by atoms with Gasteiger partial charge in [-0.25, -0.2) is 8.42 Å². The topological polar surface area (TPSA) is 66.5 Å². The van der Waals surface area contributed by atoms with Crippen LogP contribution in [0.25, 0.3) is 0 Å². The molecule has 1 amide bonds. The molecule has 0 bridgehead atoms. The van der Waals surface area contributed by atoms with Gasteiger partial charge in [-0.1, -0.05) is 17.7 Å². The normalized spacial score (nSPS) is 11.4. The lowest BCUT2D eigenvalue weighted by Gasteiger charge is -2.13. The number of carbonyl (C=O) groups excluding carboxylic acids is 1. The van der Waals surface area contributed by atoms with E-state index in [0.29, 0.717) is 30.1 Å². The maximum Gasteiger partial charge on any atom is 0.223 e. The molecule has 5 nitrogen and oxygen atoms in total. The van der Waals surface area contributed by atoms with Crippen LogP contribution in [0.5, 0.6) is 0 Å². The molecule has 7 heteroatoms. The van der Waals surface area contributed by atoms with Crippen molar-refractivity contribution in [2.24, 2.45) is 0 Å². The summed E-state index contributed by atoms with van der Waals surface area (Å²) >= 11 is 6.05. The van der Waals surface area contributed by atoms with Gasteiger partial charge in [0.25, 0.3) is 0 Å². The molecule has 0 unspecified atom stereocenters. The number of amides is 1. The zero-order valence-corrected chi connectivity index (χ0v) is 13.4. The van der Waals surface area contributed by atoms with Gasteiger partial charge in [0, 0.05) is 50.4 Å². The lowest BCUT2D eigenvalue weighted by Crippen LogP contribution is -2.26. The zero-order chi connectivity index (χ0) is 15.3. The average Bonchev–Trinajstić information content (AvgIpc) is 2.34. The fourth-order valence-electron chi connectivity index (χ4n) is 1.69. The third-order valence-corrected chi connectivity index (χ3v) is 4.33. The summed E-state index contributed by atoms with van der Waals surface area (Å²) in [5.74, 6) is 0.0139. The smallest absolute Gasteiger partial charge is 0.223 e. The minimum Gasteiger partial charge on any atom is -0.349 e. The Bertz CT molecular complexity index is 585. The van der Waals surface area contributed by atoms with E-state index in [0.717, 1.165) is 6.26 Å². The Labute approximate surface area is 124 Å². The molecular weight excluding hydrogens is 300 g/mol. The molecule has 0 atom stereocenters. The van der Waals surface area contributed by atoms with Gasteiger partial charge in [0.05, 0.1) is 4.90 Å². The van der Waals surface area contributed by atoms with Crippen LogP contribution in [-0.4, -0.2) is 46.1 Å². The molecule has 112 valence electrons. The minimum absolute atomic E-state index is 0.0139. The van der Waals surface area contributed by atoms with Gasteiger partial charge in [0.15, 0.2) is 9.84 Å². The Hall–Kier alpha value is -1.11. The van der Waals surface area contributed by atoms with Gasteiger partial charge >= 0.3 is 0 Å². The third-order valence-electron chi connectivity index (χ3n) is 2.79. The standard InChI is InChI=1S/C13H19ClN2O3S/c1-16(2)13(17)7-8-15-9-10-11(14)5-4-6-12(10)20(3,18)19/h4-6,15H,7-9H2,1-3H3. The summed E-state index contributed by atoms with van der Waals surface area (Å²) in [7, 11) is 0.0627. The maximum absolute atomic E-state index is 11.7. The van der Waals surface area contributed by atoms with E-state index in [1.54, 1.807) is 26.2 Å². The van der Waals surface area contributed by atoms with Crippen molar-refractivity contribution < 1.29 is 13.2 Å². The molecule has 0 fully saturated rings. The van der Waals surface area contributed by atoms with Gasteiger partial charge in [-0.05, 0) is 12.1 Å². The predicted molar refractivity (Wildman–Crippen MR) is 79.6 cm³/mol. The molecule has 1 aromatic rings. The van der Waals surface area contributed by atoms with Crippen LogP contribution in [0.15, 0.2) is 23.1 Å². The Kier molecular flexibility index (Phi) is 5.98. The fraction of sp³-hybridized carbons (Fsp3) is 0.462. The molecule has 0 aliphatic heterocycles. The van der Waals surface area contributed by atoms with Crippen molar-refractivity contribution in [1.29, 1.82) is 0 Å². The van der Waals surface area contributed by atoms with E-state index in [-0.39, 0.29) is 10.8 Å². The van der Waals surface area contributed by atoms with Crippen LogP contribution in [-0.2, 0) is 21.2 Å². The van der Waals surface area contributed by atoms with Crippen LogP contribution in [0.3, 0.4) is 0 Å². The molecule has 0 radical (unpaired) electrons. The van der Waals surface area contributed by atoms with Crippen molar-refractivity contribution in [3.63, 3.8) is 0 Å². The second kappa shape index (κ2) is 7.06. The van der Waals surface area contributed by atoms with E-state index in [2.05, 4.69) is 5.32 Å². The first-order valence-electron chi connectivity index (χ1n) is 6.12. The van der Waals surface area contributed by atoms with Gasteiger partial charge in [-0.2, -0.15) is 0 Å². The third kappa shape index (κ3) is 4.77. The molecule has 0 aliphatic carbocycles. The van der Waals surface area contributed by atoms with E-state index in [1.807, 2.05) is 0 Å². The van der Waals surface area contributed by atoms with Crippen molar-refractivity contribution in [3.05, 3.63) is 28.8 Å². The molecule has 0 aromatic heterocycles. The quantitative estimate of drug-likeness (QED) is 0.803. The summed E-state index contributed by atoms with van der Waals surface area (Å²) in [6, 6.07) is 4.79. The number of hydrogen-bond donors (Lipinski definition) is 1. The second-order valence-electron chi connectivity index (χ2n) is 4.70. The molecule has 0 saturated heterocycles. The molecule has 0 aliphatic rings. The number of carbonyl (C=O) groups is 1. The second-order valence-corrected chi connectivity index (χ2v) is 7.09. The SMILES string of the molecule is CN(C)C(=O)CCNCc1c(Cl)cccc1S(C)(=O)=O. The van der Waals surface area contributed by atoms with Gasteiger partial charge in [0.2, 0.25) is 5.91 Å². The summed E-state index contributed by atoms with van der Waals surface area (Å²) in [5, 5.41) is 3.45. The van der Waals surface area contributed by atoms with E-state index < -0.39 is 9.84 Å². The van der Waals surface area contributed by atoms with Crippen molar-refractivity contribution in [3.8, 4) is 0 Å². The van der Waals surface area contributed by atoms with Crippen LogP contribution in [0, 0.1) is 0 Å². The molecule has 20 heavy (non-hydrogen) atoms. The molecule has 0 saturated carbocycles. The minimum atomic E-state index is -3.32. The number of hydrogen-bond acceptors (Lipinski definition) is 4. The Morgan fingerprint density at radius 3 is 2.55 bits per heavy atom. The lowest BCUT2D eigenvalue weighted by molar-refractivity contribution is -0.128. The van der Waals surface area contributed by atoms with Gasteiger partial charge in [0.1, 0.15) is 0 Å². The van der Waals surface area contributed by atoms with Crippen molar-refractivity contribution in [1.82, 2.24) is 10.2 Å². The van der Waals surface area contributed by atoms with Crippen molar-refractivity contribution >= 4 is 27.3 Å². The van der Waals surface area contributed by atoms with E-state index in [4.69, 9.17) is 11.6 Å². The summed E-state index contributed by atoms with van der Waals surface area (Å²) < 4.78 is 23.4. The van der Waals surface area contributed by atoms with Gasteiger partial charge in [-0.3, -0.25) is 4.79 Å². The van der Waals surface area contributed by atoms with E-state index >= 15 is 0 Å². The Balaban J connectivity index is 2.72. The van der Waals surface area contributed by atoms with Crippen LogP contribution >= 0.6 is 11.6 Å². The summed E-state index contributed by atoms with van der Waals surface area (Å²) in [6.45, 7) is 0.772. The first kappa shape index (κ1) is 16.9. The summed E-state index contributed by atoms with van der Waals surface area (Å²) in [4.78, 5) is 13.1. The Morgan fingerprint density at radius 1 is 1.35 bits per heavy atom. The highest BCUT2D eigenvalue weighted by molar-refractivity contribution is 7.90. The highest BCUT2D eigenvalue weighted by Gasteiger charge is 2.15. The average molecular weight is 319 g/mol. The fourth-order valence-corrected chi connectivity index (χ4v) is 2.94. The highest BCUT2D eigenvalue weighted by Crippen LogP contribution is 2.23. The van der Waals surface area contributed by atoms with Crippen LogP contribution in [0.1, 0.15) is 12.0 Å². The van der Waals surface area contributed by atoms with Crippen LogP contribution < -0.4 is 5.32 Å². The molecular formula is C13H19ClN2O3S. The maximum atomic E-state index is 11.7. The number of rotatable bonds is 6. The largest absolute Gasteiger partial charge is 0.349 e. The van der Waals surface area contributed by atoms with Gasteiger partial charge in [-0.15, -0.1) is 0 Å². The number of benzene rings is 1. The number of nitrogens with one attached hydrogen (secondary N) is 1. The first-order valence-corrected chi connectivity index (χ1v) is 8.38. The molecule has 0 heterocycles. The summed E-state index contributed by atoms with van der Waals surface area (Å²) in [5.41, 5.74) is 0.536. The van der Waals surface area contributed by atoms with Crippen molar-refractivity contribution in [2.45, 2.75) is 17.9 Å². The monoisotopic (exact) mass is 318 g/mol. The van der Waals surface area contributed by atoms with Crippen LogP contribution in [0.2, 0.25) is 5.02 Å².